The minimum Gasteiger partial charge on any atom is -0.319 e. The standard InChI is InChI=1S/C24H18ClN3O2/c1-24(19-10-4-7-15-6-2-3-8-17(15)19)22(29)28(23(30)27-24)14-16-11-12-20(25)18-9-5-13-26-21(16)18/h2-13H,14H2,1H3,(H,27,30)/t24-/m1/s1. The third kappa shape index (κ3) is 2.74. The number of carbonyl (C=O) groups excluding carboxylic acids is 2. The molecule has 5 nitrogen and oxygen atoms in total. The van der Waals surface area contributed by atoms with Crippen molar-refractivity contribution in [3.63, 3.8) is 0 Å². The van der Waals surface area contributed by atoms with Gasteiger partial charge in [-0.3, -0.25) is 14.7 Å². The predicted octanol–water partition coefficient (Wildman–Crippen LogP) is 5.01. The Morgan fingerprint density at radius 1 is 0.967 bits per heavy atom. The zero-order valence-corrected chi connectivity index (χ0v) is 17.0. The molecule has 1 aliphatic rings. The van der Waals surface area contributed by atoms with Gasteiger partial charge >= 0.3 is 6.03 Å². The van der Waals surface area contributed by atoms with Crippen LogP contribution in [0, 0.1) is 0 Å². The molecule has 1 atom stereocenters. The van der Waals surface area contributed by atoms with Gasteiger partial charge in [0.1, 0.15) is 5.54 Å². The van der Waals surface area contributed by atoms with Crippen LogP contribution in [0.4, 0.5) is 4.79 Å². The number of nitrogens with one attached hydrogen (secondary N) is 1. The molecule has 0 saturated carbocycles. The molecule has 1 aliphatic heterocycles. The van der Waals surface area contributed by atoms with Gasteiger partial charge in [-0.2, -0.15) is 0 Å². The zero-order valence-electron chi connectivity index (χ0n) is 16.2. The first-order chi connectivity index (χ1) is 14.5. The SMILES string of the molecule is C[C@]1(c2cccc3ccccc23)NC(=O)N(Cc2ccc(Cl)c3cccnc23)C1=O. The summed E-state index contributed by atoms with van der Waals surface area (Å²) in [6, 6.07) is 20.5. The molecule has 3 aromatic carbocycles. The summed E-state index contributed by atoms with van der Waals surface area (Å²) in [4.78, 5) is 32.0. The minimum atomic E-state index is -1.15. The van der Waals surface area contributed by atoms with Gasteiger partial charge in [-0.25, -0.2) is 4.79 Å². The van der Waals surface area contributed by atoms with Crippen LogP contribution in [0.5, 0.6) is 0 Å². The van der Waals surface area contributed by atoms with Crippen molar-refractivity contribution in [2.24, 2.45) is 0 Å². The number of halogens is 1. The Morgan fingerprint density at radius 3 is 2.60 bits per heavy atom. The average Bonchev–Trinajstić information content (AvgIpc) is 2.99. The molecule has 1 fully saturated rings. The van der Waals surface area contributed by atoms with Gasteiger partial charge in [0.2, 0.25) is 0 Å². The first kappa shape index (κ1) is 18.6. The summed E-state index contributed by atoms with van der Waals surface area (Å²) >= 11 is 6.28. The van der Waals surface area contributed by atoms with Crippen molar-refractivity contribution in [2.45, 2.75) is 19.0 Å². The van der Waals surface area contributed by atoms with Crippen LogP contribution in [-0.4, -0.2) is 21.8 Å². The second kappa shape index (κ2) is 6.82. The number of carbonyl (C=O) groups is 2. The molecule has 3 amide bonds. The van der Waals surface area contributed by atoms with Gasteiger partial charge in [0, 0.05) is 16.6 Å². The highest BCUT2D eigenvalue weighted by Crippen LogP contribution is 2.35. The summed E-state index contributed by atoms with van der Waals surface area (Å²) in [5.74, 6) is -0.289. The van der Waals surface area contributed by atoms with E-state index in [9.17, 15) is 9.59 Å². The number of rotatable bonds is 3. The molecule has 0 aliphatic carbocycles. The number of hydrogen-bond donors (Lipinski definition) is 1. The summed E-state index contributed by atoms with van der Waals surface area (Å²) in [5.41, 5.74) is 1.08. The van der Waals surface area contributed by atoms with Crippen LogP contribution in [0.3, 0.4) is 0 Å². The molecule has 0 unspecified atom stereocenters. The van der Waals surface area contributed by atoms with Gasteiger partial charge in [0.05, 0.1) is 12.1 Å². The van der Waals surface area contributed by atoms with E-state index in [4.69, 9.17) is 11.6 Å². The van der Waals surface area contributed by atoms with Crippen LogP contribution in [-0.2, 0) is 16.9 Å². The highest BCUT2D eigenvalue weighted by Gasteiger charge is 2.49. The smallest absolute Gasteiger partial charge is 0.319 e. The van der Waals surface area contributed by atoms with Crippen LogP contribution < -0.4 is 5.32 Å². The molecule has 1 N–H and O–H groups in total. The highest BCUT2D eigenvalue weighted by molar-refractivity contribution is 6.35. The Morgan fingerprint density at radius 2 is 1.73 bits per heavy atom. The van der Waals surface area contributed by atoms with Crippen molar-refractivity contribution in [3.8, 4) is 0 Å². The van der Waals surface area contributed by atoms with Gasteiger partial charge in [-0.05, 0) is 47.0 Å². The van der Waals surface area contributed by atoms with Crippen molar-refractivity contribution >= 4 is 45.2 Å². The number of aromatic nitrogens is 1. The molecule has 148 valence electrons. The van der Waals surface area contributed by atoms with Crippen LogP contribution >= 0.6 is 11.6 Å². The zero-order chi connectivity index (χ0) is 20.9. The Kier molecular flexibility index (Phi) is 4.22. The fraction of sp³-hybridized carbons (Fsp3) is 0.125. The molecular formula is C24H18ClN3O2. The summed E-state index contributed by atoms with van der Waals surface area (Å²) < 4.78 is 0. The summed E-state index contributed by atoms with van der Waals surface area (Å²) in [6.45, 7) is 1.88. The Balaban J connectivity index is 1.56. The molecule has 0 radical (unpaired) electrons. The molecule has 0 bridgehead atoms. The maximum absolute atomic E-state index is 13.5. The molecule has 4 aromatic rings. The van der Waals surface area contributed by atoms with Gasteiger partial charge < -0.3 is 5.32 Å². The minimum absolute atomic E-state index is 0.121. The monoisotopic (exact) mass is 415 g/mol. The Bertz CT molecular complexity index is 1330. The Labute approximate surface area is 178 Å². The molecule has 1 aromatic heterocycles. The van der Waals surface area contributed by atoms with Crippen LogP contribution in [0.2, 0.25) is 5.02 Å². The van der Waals surface area contributed by atoms with Crippen LogP contribution in [0.25, 0.3) is 21.7 Å². The number of amides is 3. The number of fused-ring (bicyclic) bond motifs is 2. The van der Waals surface area contributed by atoms with Crippen molar-refractivity contribution in [2.75, 3.05) is 0 Å². The van der Waals surface area contributed by atoms with Crippen LogP contribution in [0.15, 0.2) is 72.9 Å². The third-order valence-corrected chi connectivity index (χ3v) is 6.06. The van der Waals surface area contributed by atoms with Crippen molar-refractivity contribution in [1.29, 1.82) is 0 Å². The average molecular weight is 416 g/mol. The van der Waals surface area contributed by atoms with Crippen molar-refractivity contribution in [3.05, 3.63) is 89.1 Å². The molecule has 5 rings (SSSR count). The molecular weight excluding hydrogens is 398 g/mol. The molecule has 2 heterocycles. The molecule has 30 heavy (non-hydrogen) atoms. The lowest BCUT2D eigenvalue weighted by atomic mass is 9.87. The third-order valence-electron chi connectivity index (χ3n) is 5.73. The number of pyridine rings is 1. The first-order valence-corrected chi connectivity index (χ1v) is 10.0. The van der Waals surface area contributed by atoms with Gasteiger partial charge in [-0.1, -0.05) is 60.1 Å². The normalized spacial score (nSPS) is 18.9. The van der Waals surface area contributed by atoms with Crippen LogP contribution in [0.1, 0.15) is 18.1 Å². The van der Waals surface area contributed by atoms with Gasteiger partial charge in [0.15, 0.2) is 0 Å². The fourth-order valence-electron chi connectivity index (χ4n) is 4.18. The second-order valence-corrected chi connectivity index (χ2v) is 7.99. The van der Waals surface area contributed by atoms with Crippen molar-refractivity contribution < 1.29 is 9.59 Å². The fourth-order valence-corrected chi connectivity index (χ4v) is 4.39. The summed E-state index contributed by atoms with van der Waals surface area (Å²) in [5, 5.41) is 6.24. The number of imide groups is 1. The maximum Gasteiger partial charge on any atom is 0.325 e. The number of nitrogens with zero attached hydrogens (tertiary/aromatic N) is 2. The molecule has 6 heteroatoms. The number of hydrogen-bond acceptors (Lipinski definition) is 3. The largest absolute Gasteiger partial charge is 0.325 e. The Hall–Kier alpha value is -3.44. The maximum atomic E-state index is 13.5. The van der Waals surface area contributed by atoms with E-state index in [0.29, 0.717) is 10.5 Å². The van der Waals surface area contributed by atoms with Gasteiger partial charge in [-0.15, -0.1) is 0 Å². The topological polar surface area (TPSA) is 62.3 Å². The van der Waals surface area contributed by atoms with E-state index in [2.05, 4.69) is 10.3 Å². The lowest BCUT2D eigenvalue weighted by Gasteiger charge is -2.24. The van der Waals surface area contributed by atoms with E-state index in [-0.39, 0.29) is 12.5 Å². The summed E-state index contributed by atoms with van der Waals surface area (Å²) in [7, 11) is 0. The first-order valence-electron chi connectivity index (χ1n) is 9.63. The number of benzene rings is 3. The lowest BCUT2D eigenvalue weighted by molar-refractivity contribution is -0.131. The summed E-state index contributed by atoms with van der Waals surface area (Å²) in [6.07, 6.45) is 1.67. The number of urea groups is 1. The van der Waals surface area contributed by atoms with E-state index in [1.54, 1.807) is 19.2 Å². The molecule has 0 spiro atoms. The highest BCUT2D eigenvalue weighted by atomic mass is 35.5. The van der Waals surface area contributed by atoms with Crippen molar-refractivity contribution in [1.82, 2.24) is 15.2 Å². The van der Waals surface area contributed by atoms with Gasteiger partial charge in [0.25, 0.3) is 5.91 Å². The van der Waals surface area contributed by atoms with E-state index < -0.39 is 11.6 Å². The lowest BCUT2D eigenvalue weighted by Crippen LogP contribution is -2.41. The quantitative estimate of drug-likeness (QED) is 0.478. The van der Waals surface area contributed by atoms with E-state index in [1.807, 2.05) is 60.7 Å². The van der Waals surface area contributed by atoms with E-state index >= 15 is 0 Å². The van der Waals surface area contributed by atoms with E-state index in [1.165, 1.54) is 4.90 Å². The van der Waals surface area contributed by atoms with E-state index in [0.717, 1.165) is 27.3 Å². The second-order valence-electron chi connectivity index (χ2n) is 7.58. The predicted molar refractivity (Wildman–Crippen MR) is 117 cm³/mol. The molecule has 1 saturated heterocycles.